The molecule has 5 heteroatoms. The van der Waals surface area contributed by atoms with E-state index < -0.39 is 0 Å². The van der Waals surface area contributed by atoms with Gasteiger partial charge in [-0.25, -0.2) is 0 Å². The van der Waals surface area contributed by atoms with E-state index >= 15 is 0 Å². The third kappa shape index (κ3) is 4.43. The minimum Gasteiger partial charge on any atom is -0.325 e. The lowest BCUT2D eigenvalue weighted by atomic mass is 10.2. The van der Waals surface area contributed by atoms with Crippen molar-refractivity contribution < 1.29 is 4.79 Å². The van der Waals surface area contributed by atoms with E-state index in [1.807, 2.05) is 13.1 Å². The highest BCUT2D eigenvalue weighted by Gasteiger charge is 2.07. The van der Waals surface area contributed by atoms with Crippen LogP contribution in [-0.4, -0.2) is 29.4 Å². The Balaban J connectivity index is 1.74. The van der Waals surface area contributed by atoms with Crippen molar-refractivity contribution in [2.75, 3.05) is 18.9 Å². The number of anilines is 1. The number of rotatable bonds is 6. The molecule has 0 bridgehead atoms. The molecule has 2 aromatic heterocycles. The Morgan fingerprint density at radius 3 is 2.95 bits per heavy atom. The second-order valence-electron chi connectivity index (χ2n) is 4.80. The maximum absolute atomic E-state index is 11.8. The number of hydrogen-bond acceptors (Lipinski definition) is 4. The minimum absolute atomic E-state index is 0.0211. The van der Waals surface area contributed by atoms with Crippen LogP contribution in [0.25, 0.3) is 0 Å². The van der Waals surface area contributed by atoms with E-state index in [0.717, 1.165) is 18.8 Å². The van der Waals surface area contributed by atoms with E-state index in [1.165, 1.54) is 10.4 Å². The summed E-state index contributed by atoms with van der Waals surface area (Å²) in [5.74, 6) is 0.0211. The summed E-state index contributed by atoms with van der Waals surface area (Å²) >= 11 is 1.76. The first-order chi connectivity index (χ1) is 9.65. The zero-order chi connectivity index (χ0) is 14.4. The molecule has 106 valence electrons. The molecule has 2 aromatic rings. The predicted octanol–water partition coefficient (Wildman–Crippen LogP) is 2.91. The first-order valence-electron chi connectivity index (χ1n) is 6.56. The minimum atomic E-state index is 0.0211. The lowest BCUT2D eigenvalue weighted by Gasteiger charge is -2.16. The average Bonchev–Trinajstić information content (AvgIpc) is 2.83. The molecule has 20 heavy (non-hydrogen) atoms. The maximum Gasteiger partial charge on any atom is 0.225 e. The van der Waals surface area contributed by atoms with E-state index in [-0.39, 0.29) is 5.91 Å². The van der Waals surface area contributed by atoms with Gasteiger partial charge in [0.05, 0.1) is 11.9 Å². The molecule has 0 saturated carbocycles. The third-order valence-corrected chi connectivity index (χ3v) is 4.06. The van der Waals surface area contributed by atoms with Crippen molar-refractivity contribution in [1.82, 2.24) is 9.88 Å². The van der Waals surface area contributed by atoms with E-state index in [0.29, 0.717) is 6.42 Å². The Morgan fingerprint density at radius 2 is 2.30 bits per heavy atom. The van der Waals surface area contributed by atoms with Crippen molar-refractivity contribution in [3.8, 4) is 0 Å². The first-order valence-corrected chi connectivity index (χ1v) is 7.44. The fourth-order valence-corrected chi connectivity index (χ4v) is 2.83. The van der Waals surface area contributed by atoms with Gasteiger partial charge in [-0.05, 0) is 43.1 Å². The number of thiophene rings is 1. The van der Waals surface area contributed by atoms with Crippen molar-refractivity contribution in [1.29, 1.82) is 0 Å². The summed E-state index contributed by atoms with van der Waals surface area (Å²) in [5, 5.41) is 4.95. The highest BCUT2D eigenvalue weighted by molar-refractivity contribution is 7.10. The van der Waals surface area contributed by atoms with Gasteiger partial charge in [0.25, 0.3) is 0 Å². The number of aryl methyl sites for hydroxylation is 1. The molecule has 1 amide bonds. The van der Waals surface area contributed by atoms with Crippen LogP contribution in [0.2, 0.25) is 0 Å². The van der Waals surface area contributed by atoms with Crippen LogP contribution in [0.3, 0.4) is 0 Å². The number of amides is 1. The number of nitrogens with one attached hydrogen (secondary N) is 1. The van der Waals surface area contributed by atoms with Crippen molar-refractivity contribution in [3.05, 3.63) is 46.4 Å². The Kier molecular flexibility index (Phi) is 5.26. The summed E-state index contributed by atoms with van der Waals surface area (Å²) in [5.41, 5.74) is 2.07. The molecular weight excluding hydrogens is 270 g/mol. The lowest BCUT2D eigenvalue weighted by Crippen LogP contribution is -2.24. The SMILES string of the molecule is Cc1ccsc1CN(C)CCC(=O)Nc1cccnc1. The van der Waals surface area contributed by atoms with Crippen molar-refractivity contribution in [3.63, 3.8) is 0 Å². The van der Waals surface area contributed by atoms with Gasteiger partial charge in [-0.2, -0.15) is 0 Å². The van der Waals surface area contributed by atoms with Crippen molar-refractivity contribution in [2.45, 2.75) is 19.9 Å². The number of hydrogen-bond donors (Lipinski definition) is 1. The molecule has 2 rings (SSSR count). The van der Waals surface area contributed by atoms with Crippen LogP contribution in [0, 0.1) is 6.92 Å². The quantitative estimate of drug-likeness (QED) is 0.889. The summed E-state index contributed by atoms with van der Waals surface area (Å²) in [4.78, 5) is 19.3. The monoisotopic (exact) mass is 289 g/mol. The largest absolute Gasteiger partial charge is 0.325 e. The van der Waals surface area contributed by atoms with Gasteiger partial charge in [-0.3, -0.25) is 9.78 Å². The first kappa shape index (κ1) is 14.7. The molecule has 0 radical (unpaired) electrons. The molecule has 2 heterocycles. The number of aromatic nitrogens is 1. The van der Waals surface area contributed by atoms with Gasteiger partial charge in [0.1, 0.15) is 0 Å². The molecule has 1 N–H and O–H groups in total. The Morgan fingerprint density at radius 1 is 1.45 bits per heavy atom. The molecule has 0 unspecified atom stereocenters. The van der Waals surface area contributed by atoms with Gasteiger partial charge < -0.3 is 10.2 Å². The lowest BCUT2D eigenvalue weighted by molar-refractivity contribution is -0.116. The number of carbonyl (C=O) groups is 1. The van der Waals surface area contributed by atoms with Crippen molar-refractivity contribution >= 4 is 22.9 Å². The van der Waals surface area contributed by atoms with E-state index in [9.17, 15) is 4.79 Å². The number of pyridine rings is 1. The molecule has 0 aliphatic rings. The molecule has 4 nitrogen and oxygen atoms in total. The van der Waals surface area contributed by atoms with E-state index in [2.05, 4.69) is 33.6 Å². The highest BCUT2D eigenvalue weighted by atomic mass is 32.1. The molecule has 0 saturated heterocycles. The number of nitrogens with zero attached hydrogens (tertiary/aromatic N) is 2. The standard InChI is InChI=1S/C15H19N3OS/c1-12-6-9-20-14(12)11-18(2)8-5-15(19)17-13-4-3-7-16-10-13/h3-4,6-7,9-10H,5,8,11H2,1-2H3,(H,17,19). The maximum atomic E-state index is 11.8. The van der Waals surface area contributed by atoms with Gasteiger partial charge in [-0.15, -0.1) is 11.3 Å². The molecule has 0 aromatic carbocycles. The zero-order valence-corrected chi connectivity index (χ0v) is 12.6. The van der Waals surface area contributed by atoms with Crippen LogP contribution in [-0.2, 0) is 11.3 Å². The normalized spacial score (nSPS) is 10.8. The van der Waals surface area contributed by atoms with Crippen LogP contribution >= 0.6 is 11.3 Å². The fraction of sp³-hybridized carbons (Fsp3) is 0.333. The van der Waals surface area contributed by atoms with Crippen LogP contribution in [0.5, 0.6) is 0 Å². The number of carbonyl (C=O) groups excluding carboxylic acids is 1. The Labute approximate surface area is 123 Å². The van der Waals surface area contributed by atoms with Gasteiger partial charge in [-0.1, -0.05) is 0 Å². The van der Waals surface area contributed by atoms with E-state index in [1.54, 1.807) is 29.8 Å². The highest BCUT2D eigenvalue weighted by Crippen LogP contribution is 2.17. The predicted molar refractivity (Wildman–Crippen MR) is 82.9 cm³/mol. The Hall–Kier alpha value is -1.72. The molecule has 0 aliphatic heterocycles. The van der Waals surface area contributed by atoms with Gasteiger partial charge >= 0.3 is 0 Å². The van der Waals surface area contributed by atoms with Gasteiger partial charge in [0, 0.05) is 30.6 Å². The van der Waals surface area contributed by atoms with Gasteiger partial charge in [0.15, 0.2) is 0 Å². The van der Waals surface area contributed by atoms with E-state index in [4.69, 9.17) is 0 Å². The summed E-state index contributed by atoms with van der Waals surface area (Å²) in [6, 6.07) is 5.77. The zero-order valence-electron chi connectivity index (χ0n) is 11.8. The third-order valence-electron chi connectivity index (χ3n) is 3.05. The van der Waals surface area contributed by atoms with Crippen LogP contribution in [0.15, 0.2) is 36.0 Å². The fourth-order valence-electron chi connectivity index (χ4n) is 1.84. The smallest absolute Gasteiger partial charge is 0.225 e. The van der Waals surface area contributed by atoms with Crippen molar-refractivity contribution in [2.24, 2.45) is 0 Å². The molecule has 0 fully saturated rings. The second kappa shape index (κ2) is 7.17. The molecule has 0 spiro atoms. The summed E-state index contributed by atoms with van der Waals surface area (Å²) in [6.07, 6.45) is 3.82. The average molecular weight is 289 g/mol. The Bertz CT molecular complexity index is 553. The van der Waals surface area contributed by atoms with Crippen LogP contribution < -0.4 is 5.32 Å². The summed E-state index contributed by atoms with van der Waals surface area (Å²) in [6.45, 7) is 3.75. The van der Waals surface area contributed by atoms with Crippen LogP contribution in [0.4, 0.5) is 5.69 Å². The summed E-state index contributed by atoms with van der Waals surface area (Å²) < 4.78 is 0. The molecule has 0 aliphatic carbocycles. The topological polar surface area (TPSA) is 45.2 Å². The van der Waals surface area contributed by atoms with Crippen LogP contribution in [0.1, 0.15) is 16.9 Å². The second-order valence-corrected chi connectivity index (χ2v) is 5.81. The molecular formula is C15H19N3OS. The summed E-state index contributed by atoms with van der Waals surface area (Å²) in [7, 11) is 2.04. The molecule has 0 atom stereocenters. The van der Waals surface area contributed by atoms with Gasteiger partial charge in [0.2, 0.25) is 5.91 Å².